The molecule has 2 aromatic rings. The summed E-state index contributed by atoms with van der Waals surface area (Å²) in [7, 11) is -1.01. The van der Waals surface area contributed by atoms with Crippen molar-refractivity contribution in [1.29, 1.82) is 0 Å². The molecule has 0 spiro atoms. The lowest BCUT2D eigenvalue weighted by Crippen LogP contribution is -2.48. The van der Waals surface area contributed by atoms with Crippen LogP contribution in [0.4, 0.5) is 11.4 Å². The first kappa shape index (κ1) is 24.4. The van der Waals surface area contributed by atoms with Gasteiger partial charge in [-0.3, -0.25) is 15.5 Å². The smallest absolute Gasteiger partial charge is 0.270 e. The SMILES string of the molecule is COc1ccc(/C=N\Nc2ccc([N+](=O)[O-])cc2S(=O)(=O)N2C[C@H](C)O[C@@H](C)C2)cc1OC. The third kappa shape index (κ3) is 5.59. The summed E-state index contributed by atoms with van der Waals surface area (Å²) < 4.78 is 44.1. The number of rotatable bonds is 8. The lowest BCUT2D eigenvalue weighted by molar-refractivity contribution is -0.385. The lowest BCUT2D eigenvalue weighted by atomic mass is 10.2. The van der Waals surface area contributed by atoms with Crippen LogP contribution < -0.4 is 14.9 Å². The van der Waals surface area contributed by atoms with Gasteiger partial charge in [0.25, 0.3) is 5.69 Å². The van der Waals surface area contributed by atoms with Crippen LogP contribution in [-0.2, 0) is 14.8 Å². The Bertz CT molecular complexity index is 1140. The summed E-state index contributed by atoms with van der Waals surface area (Å²) in [5.74, 6) is 1.07. The molecule has 0 radical (unpaired) electrons. The third-order valence-corrected chi connectivity index (χ3v) is 6.86. The normalized spacial score (nSPS) is 19.4. The zero-order valence-corrected chi connectivity index (χ0v) is 19.5. The summed E-state index contributed by atoms with van der Waals surface area (Å²) in [6.07, 6.45) is 0.863. The van der Waals surface area contributed by atoms with Gasteiger partial charge in [0.15, 0.2) is 11.5 Å². The highest BCUT2D eigenvalue weighted by Gasteiger charge is 2.34. The number of morpholine rings is 1. The van der Waals surface area contributed by atoms with Gasteiger partial charge >= 0.3 is 0 Å². The van der Waals surface area contributed by atoms with Crippen LogP contribution >= 0.6 is 0 Å². The fraction of sp³-hybridized carbons (Fsp3) is 0.381. The summed E-state index contributed by atoms with van der Waals surface area (Å²) in [4.78, 5) is 10.4. The van der Waals surface area contributed by atoms with Gasteiger partial charge in [0, 0.05) is 25.2 Å². The highest BCUT2D eigenvalue weighted by Crippen LogP contribution is 2.31. The Morgan fingerprint density at radius 3 is 2.39 bits per heavy atom. The topological polar surface area (TPSA) is 133 Å². The standard InChI is InChI=1S/C21H26N4O7S/c1-14-12-24(13-15(2)32-14)33(28,29)21-10-17(25(26)27)6-7-18(21)23-22-11-16-5-8-19(30-3)20(9-16)31-4/h5-11,14-15,23H,12-13H2,1-4H3/b22-11-/t14-,15-/m0/s1. The minimum atomic E-state index is -4.05. The van der Waals surface area contributed by atoms with E-state index in [2.05, 4.69) is 10.5 Å². The largest absolute Gasteiger partial charge is 0.493 e. The maximum Gasteiger partial charge on any atom is 0.270 e. The molecule has 1 aliphatic rings. The Hall–Kier alpha value is -3.22. The fourth-order valence-corrected chi connectivity index (χ4v) is 5.26. The molecule has 0 saturated carbocycles. The molecule has 3 rings (SSSR count). The lowest BCUT2D eigenvalue weighted by Gasteiger charge is -2.34. The van der Waals surface area contributed by atoms with Crippen LogP contribution in [0, 0.1) is 10.1 Å². The van der Waals surface area contributed by atoms with Crippen LogP contribution in [0.3, 0.4) is 0 Å². The Balaban J connectivity index is 1.93. The number of hydrazone groups is 1. The van der Waals surface area contributed by atoms with E-state index in [1.807, 2.05) is 0 Å². The van der Waals surface area contributed by atoms with Gasteiger partial charge in [-0.05, 0) is 43.7 Å². The van der Waals surface area contributed by atoms with Crippen LogP contribution in [-0.4, -0.2) is 63.4 Å². The number of methoxy groups -OCH3 is 2. The molecule has 11 nitrogen and oxygen atoms in total. The van der Waals surface area contributed by atoms with Crippen molar-refractivity contribution in [3.63, 3.8) is 0 Å². The monoisotopic (exact) mass is 478 g/mol. The molecule has 0 aromatic heterocycles. The van der Waals surface area contributed by atoms with Crippen LogP contribution in [0.1, 0.15) is 19.4 Å². The van der Waals surface area contributed by atoms with Gasteiger partial charge < -0.3 is 14.2 Å². The number of nitro groups is 1. The van der Waals surface area contributed by atoms with Gasteiger partial charge in [0.2, 0.25) is 10.0 Å². The van der Waals surface area contributed by atoms with Gasteiger partial charge in [0.1, 0.15) is 4.90 Å². The molecule has 1 fully saturated rings. The number of nitrogens with one attached hydrogen (secondary N) is 1. The zero-order chi connectivity index (χ0) is 24.2. The molecule has 2 aromatic carbocycles. The second-order valence-electron chi connectivity index (χ2n) is 7.50. The molecular weight excluding hydrogens is 452 g/mol. The maximum absolute atomic E-state index is 13.4. The quantitative estimate of drug-likeness (QED) is 0.348. The number of non-ortho nitro benzene ring substituents is 1. The second-order valence-corrected chi connectivity index (χ2v) is 9.41. The van der Waals surface area contributed by atoms with Crippen molar-refractivity contribution in [3.8, 4) is 11.5 Å². The predicted octanol–water partition coefficient (Wildman–Crippen LogP) is 2.86. The molecule has 0 bridgehead atoms. The Morgan fingerprint density at radius 2 is 1.79 bits per heavy atom. The molecule has 0 unspecified atom stereocenters. The summed E-state index contributed by atoms with van der Waals surface area (Å²) in [6.45, 7) is 3.84. The molecular formula is C21H26N4O7S. The fourth-order valence-electron chi connectivity index (χ4n) is 3.51. The van der Waals surface area contributed by atoms with Gasteiger partial charge in [-0.15, -0.1) is 0 Å². The van der Waals surface area contributed by atoms with E-state index in [1.54, 1.807) is 32.0 Å². The minimum Gasteiger partial charge on any atom is -0.493 e. The Labute approximate surface area is 192 Å². The molecule has 0 amide bonds. The van der Waals surface area contributed by atoms with Crippen molar-refractivity contribution in [2.24, 2.45) is 5.10 Å². The van der Waals surface area contributed by atoms with Crippen molar-refractivity contribution in [2.75, 3.05) is 32.7 Å². The molecule has 2 atom stereocenters. The van der Waals surface area contributed by atoms with Crippen LogP contribution in [0.2, 0.25) is 0 Å². The third-order valence-electron chi connectivity index (χ3n) is 4.99. The first-order valence-corrected chi connectivity index (χ1v) is 11.5. The van der Waals surface area contributed by atoms with E-state index in [1.165, 1.54) is 36.9 Å². The molecule has 1 saturated heterocycles. The van der Waals surface area contributed by atoms with E-state index in [4.69, 9.17) is 14.2 Å². The number of nitro benzene ring substituents is 1. The van der Waals surface area contributed by atoms with E-state index in [0.717, 1.165) is 6.07 Å². The van der Waals surface area contributed by atoms with Crippen molar-refractivity contribution < 1.29 is 27.6 Å². The number of benzene rings is 2. The summed E-state index contributed by atoms with van der Waals surface area (Å²) in [6, 6.07) is 8.74. The van der Waals surface area contributed by atoms with E-state index in [-0.39, 0.29) is 41.6 Å². The van der Waals surface area contributed by atoms with E-state index < -0.39 is 14.9 Å². The van der Waals surface area contributed by atoms with Crippen molar-refractivity contribution in [3.05, 3.63) is 52.1 Å². The maximum atomic E-state index is 13.4. The average Bonchev–Trinajstić information content (AvgIpc) is 2.78. The van der Waals surface area contributed by atoms with E-state index >= 15 is 0 Å². The van der Waals surface area contributed by atoms with Crippen molar-refractivity contribution in [1.82, 2.24) is 4.31 Å². The minimum absolute atomic E-state index is 0.115. The number of ether oxygens (including phenoxy) is 3. The Kier molecular flexibility index (Phi) is 7.51. The summed E-state index contributed by atoms with van der Waals surface area (Å²) in [5, 5.41) is 15.4. The van der Waals surface area contributed by atoms with Crippen LogP contribution in [0.15, 0.2) is 46.4 Å². The predicted molar refractivity (Wildman–Crippen MR) is 123 cm³/mol. The van der Waals surface area contributed by atoms with Crippen molar-refractivity contribution >= 4 is 27.6 Å². The average molecular weight is 479 g/mol. The highest BCUT2D eigenvalue weighted by molar-refractivity contribution is 7.89. The molecule has 0 aliphatic carbocycles. The molecule has 33 heavy (non-hydrogen) atoms. The second kappa shape index (κ2) is 10.1. The Morgan fingerprint density at radius 1 is 1.12 bits per heavy atom. The van der Waals surface area contributed by atoms with E-state index in [0.29, 0.717) is 17.1 Å². The van der Waals surface area contributed by atoms with E-state index in [9.17, 15) is 18.5 Å². The number of nitrogens with zero attached hydrogens (tertiary/aromatic N) is 3. The van der Waals surface area contributed by atoms with Gasteiger partial charge in [-0.25, -0.2) is 8.42 Å². The van der Waals surface area contributed by atoms with Gasteiger partial charge in [-0.1, -0.05) is 0 Å². The number of anilines is 1. The number of sulfonamides is 1. The van der Waals surface area contributed by atoms with Gasteiger partial charge in [-0.2, -0.15) is 9.41 Å². The number of hydrogen-bond acceptors (Lipinski definition) is 9. The first-order chi connectivity index (χ1) is 15.6. The zero-order valence-electron chi connectivity index (χ0n) is 18.7. The summed E-state index contributed by atoms with van der Waals surface area (Å²) in [5.41, 5.74) is 3.15. The number of hydrogen-bond donors (Lipinski definition) is 1. The molecule has 1 heterocycles. The van der Waals surface area contributed by atoms with Crippen molar-refractivity contribution in [2.45, 2.75) is 31.0 Å². The molecule has 1 N–H and O–H groups in total. The van der Waals surface area contributed by atoms with Crippen LogP contribution in [0.25, 0.3) is 0 Å². The molecule has 178 valence electrons. The van der Waals surface area contributed by atoms with Gasteiger partial charge in [0.05, 0.1) is 43.3 Å². The molecule has 1 aliphatic heterocycles. The van der Waals surface area contributed by atoms with Crippen LogP contribution in [0.5, 0.6) is 11.5 Å². The first-order valence-electron chi connectivity index (χ1n) is 10.1. The summed E-state index contributed by atoms with van der Waals surface area (Å²) >= 11 is 0. The highest BCUT2D eigenvalue weighted by atomic mass is 32.2. The molecule has 12 heteroatoms.